The lowest BCUT2D eigenvalue weighted by atomic mass is 9.59. The second kappa shape index (κ2) is 9.83. The number of hydrogen-bond donors (Lipinski definition) is 0. The van der Waals surface area contributed by atoms with Crippen LogP contribution in [0.4, 0.5) is 8.78 Å². The molecule has 0 radical (unpaired) electrons. The monoisotopic (exact) mass is 430 g/mol. The minimum absolute atomic E-state index is 0.186. The van der Waals surface area contributed by atoms with E-state index in [2.05, 4.69) is 19.1 Å². The fraction of sp³-hybridized carbons (Fsp3) is 0.667. The number of carbonyl (C=O) groups excluding carboxylic acids is 1. The molecule has 0 heterocycles. The Bertz CT molecular complexity index is 810. The molecule has 0 N–H and O–H groups in total. The van der Waals surface area contributed by atoms with Crippen molar-refractivity contribution in [2.24, 2.45) is 35.5 Å². The number of fused-ring (bicyclic) bond motifs is 1. The first-order chi connectivity index (χ1) is 15.0. The quantitative estimate of drug-likeness (QED) is 0.283. The first-order valence-corrected chi connectivity index (χ1v) is 12.3. The minimum atomic E-state index is -1.06. The van der Waals surface area contributed by atoms with Crippen molar-refractivity contribution < 1.29 is 18.3 Å². The summed E-state index contributed by atoms with van der Waals surface area (Å²) in [7, 11) is 0. The predicted molar refractivity (Wildman–Crippen MR) is 119 cm³/mol. The highest BCUT2D eigenvalue weighted by Crippen LogP contribution is 2.50. The molecule has 4 rings (SSSR count). The molecule has 0 bridgehead atoms. The summed E-state index contributed by atoms with van der Waals surface area (Å²) in [4.78, 5) is 12.9. The Balaban J connectivity index is 1.36. The zero-order valence-corrected chi connectivity index (χ0v) is 18.9. The van der Waals surface area contributed by atoms with Gasteiger partial charge in [0.2, 0.25) is 5.82 Å². The van der Waals surface area contributed by atoms with E-state index in [1.165, 1.54) is 64.0 Å². The third-order valence-electron chi connectivity index (χ3n) is 8.39. The maximum atomic E-state index is 14.2. The minimum Gasteiger partial charge on any atom is -0.423 e. The number of aryl methyl sites for hydroxylation is 1. The molecule has 3 aliphatic rings. The van der Waals surface area contributed by atoms with Crippen LogP contribution in [-0.4, -0.2) is 5.97 Å². The zero-order chi connectivity index (χ0) is 22.0. The largest absolute Gasteiger partial charge is 0.423 e. The molecule has 0 spiro atoms. The van der Waals surface area contributed by atoms with E-state index in [-0.39, 0.29) is 23.2 Å². The van der Waals surface area contributed by atoms with Gasteiger partial charge >= 0.3 is 5.97 Å². The number of ether oxygens (including phenoxy) is 1. The van der Waals surface area contributed by atoms with Gasteiger partial charge in [-0.2, -0.15) is 4.39 Å². The third kappa shape index (κ3) is 4.88. The van der Waals surface area contributed by atoms with E-state index in [1.807, 2.05) is 0 Å². The molecule has 2 nitrogen and oxygen atoms in total. The molecule has 3 aliphatic carbocycles. The number of carbonyl (C=O) groups is 1. The lowest BCUT2D eigenvalue weighted by molar-refractivity contribution is -0.144. The van der Waals surface area contributed by atoms with Crippen LogP contribution in [0.3, 0.4) is 0 Å². The molecule has 4 unspecified atom stereocenters. The number of rotatable bonds is 4. The average molecular weight is 431 g/mol. The van der Waals surface area contributed by atoms with Gasteiger partial charge in [0.1, 0.15) is 0 Å². The highest BCUT2D eigenvalue weighted by Gasteiger charge is 2.43. The van der Waals surface area contributed by atoms with Gasteiger partial charge in [0, 0.05) is 0 Å². The highest BCUT2D eigenvalue weighted by atomic mass is 19.2. The standard InChI is InChI=1S/C27H36F2O2/c1-3-5-18-9-11-19(12-10-18)20-13-14-22-21(16-20)6-4-7-23(22)27(30)31-24-15-8-17(2)25(28)26(24)29/h3,5,8,15,18-23H,4,6-7,9-14,16H2,1-2H3/b5-3+. The summed E-state index contributed by atoms with van der Waals surface area (Å²) in [6, 6.07) is 2.83. The van der Waals surface area contributed by atoms with Gasteiger partial charge in [-0.15, -0.1) is 0 Å². The molecule has 0 amide bonds. The molecular weight excluding hydrogens is 394 g/mol. The van der Waals surface area contributed by atoms with Crippen molar-refractivity contribution in [1.29, 1.82) is 0 Å². The van der Waals surface area contributed by atoms with Crippen LogP contribution >= 0.6 is 0 Å². The topological polar surface area (TPSA) is 26.3 Å². The Morgan fingerprint density at radius 3 is 2.42 bits per heavy atom. The fourth-order valence-corrected chi connectivity index (χ4v) is 6.69. The van der Waals surface area contributed by atoms with Gasteiger partial charge in [-0.1, -0.05) is 31.1 Å². The summed E-state index contributed by atoms with van der Waals surface area (Å²) < 4.78 is 33.5. The molecule has 0 aromatic heterocycles. The van der Waals surface area contributed by atoms with E-state index >= 15 is 0 Å². The molecular formula is C27H36F2O2. The van der Waals surface area contributed by atoms with Crippen molar-refractivity contribution in [2.75, 3.05) is 0 Å². The number of halogens is 2. The Morgan fingerprint density at radius 1 is 0.935 bits per heavy atom. The van der Waals surface area contributed by atoms with Crippen molar-refractivity contribution >= 4 is 5.97 Å². The van der Waals surface area contributed by atoms with E-state index in [9.17, 15) is 13.6 Å². The van der Waals surface area contributed by atoms with Crippen LogP contribution in [0.1, 0.15) is 76.7 Å². The maximum Gasteiger partial charge on any atom is 0.314 e. The Hall–Kier alpha value is -1.71. The normalized spacial score (nSPS) is 33.8. The number of allylic oxidation sites excluding steroid dienone is 2. The van der Waals surface area contributed by atoms with Gasteiger partial charge in [-0.25, -0.2) is 4.39 Å². The first kappa shape index (κ1) is 22.5. The van der Waals surface area contributed by atoms with Crippen molar-refractivity contribution in [3.63, 3.8) is 0 Å². The van der Waals surface area contributed by atoms with Crippen LogP contribution in [0.2, 0.25) is 0 Å². The van der Waals surface area contributed by atoms with Crippen molar-refractivity contribution in [2.45, 2.75) is 78.1 Å². The smallest absolute Gasteiger partial charge is 0.314 e. The van der Waals surface area contributed by atoms with E-state index in [0.717, 1.165) is 37.0 Å². The van der Waals surface area contributed by atoms with E-state index in [4.69, 9.17) is 4.74 Å². The molecule has 1 aromatic carbocycles. The van der Waals surface area contributed by atoms with Crippen LogP contribution in [0, 0.1) is 54.1 Å². The summed E-state index contributed by atoms with van der Waals surface area (Å²) in [5.41, 5.74) is 0.216. The SMILES string of the molecule is C/C=C/C1CCC(C2CCC3C(CCCC3C(=O)Oc3ccc(C)c(F)c3F)C2)CC1. The van der Waals surface area contributed by atoms with Crippen LogP contribution in [0.15, 0.2) is 24.3 Å². The Kier molecular flexibility index (Phi) is 7.13. The van der Waals surface area contributed by atoms with Crippen LogP contribution in [-0.2, 0) is 4.79 Å². The molecule has 3 fully saturated rings. The van der Waals surface area contributed by atoms with E-state index < -0.39 is 11.6 Å². The number of benzene rings is 1. The van der Waals surface area contributed by atoms with Crippen LogP contribution in [0.25, 0.3) is 0 Å². The van der Waals surface area contributed by atoms with Crippen LogP contribution < -0.4 is 4.74 Å². The van der Waals surface area contributed by atoms with Gasteiger partial charge in [-0.3, -0.25) is 4.79 Å². The molecule has 170 valence electrons. The van der Waals surface area contributed by atoms with Gasteiger partial charge < -0.3 is 4.74 Å². The van der Waals surface area contributed by atoms with Gasteiger partial charge in [0.05, 0.1) is 5.92 Å². The lowest BCUT2D eigenvalue weighted by Gasteiger charge is -2.45. The molecule has 31 heavy (non-hydrogen) atoms. The molecule has 4 atom stereocenters. The zero-order valence-electron chi connectivity index (χ0n) is 18.9. The molecule has 0 aliphatic heterocycles. The Labute approximate surface area is 185 Å². The van der Waals surface area contributed by atoms with Gasteiger partial charge in [0.15, 0.2) is 11.6 Å². The molecule has 1 aromatic rings. The van der Waals surface area contributed by atoms with Crippen molar-refractivity contribution in [3.8, 4) is 5.75 Å². The van der Waals surface area contributed by atoms with Crippen LogP contribution in [0.5, 0.6) is 5.75 Å². The summed E-state index contributed by atoms with van der Waals surface area (Å²) >= 11 is 0. The van der Waals surface area contributed by atoms with Crippen molar-refractivity contribution in [1.82, 2.24) is 0 Å². The van der Waals surface area contributed by atoms with E-state index in [1.54, 1.807) is 0 Å². The molecule has 0 saturated heterocycles. The molecule has 4 heteroatoms. The lowest BCUT2D eigenvalue weighted by Crippen LogP contribution is -2.40. The second-order valence-corrected chi connectivity index (χ2v) is 10.2. The molecule has 3 saturated carbocycles. The third-order valence-corrected chi connectivity index (χ3v) is 8.39. The number of esters is 1. The summed E-state index contributed by atoms with van der Waals surface area (Å²) in [6.45, 7) is 3.61. The highest BCUT2D eigenvalue weighted by molar-refractivity contribution is 5.75. The van der Waals surface area contributed by atoms with E-state index in [0.29, 0.717) is 11.8 Å². The summed E-state index contributed by atoms with van der Waals surface area (Å²) in [6.07, 6.45) is 16.3. The van der Waals surface area contributed by atoms with Crippen molar-refractivity contribution in [3.05, 3.63) is 41.5 Å². The maximum absolute atomic E-state index is 14.2. The predicted octanol–water partition coefficient (Wildman–Crippen LogP) is 7.39. The average Bonchev–Trinajstić information content (AvgIpc) is 2.79. The summed E-state index contributed by atoms with van der Waals surface area (Å²) in [5, 5.41) is 0. The summed E-state index contributed by atoms with van der Waals surface area (Å²) in [5.74, 6) is 0.449. The van der Waals surface area contributed by atoms with Gasteiger partial charge in [-0.05, 0) is 106 Å². The number of hydrogen-bond acceptors (Lipinski definition) is 2. The Morgan fingerprint density at radius 2 is 1.68 bits per heavy atom. The fourth-order valence-electron chi connectivity index (χ4n) is 6.69. The first-order valence-electron chi connectivity index (χ1n) is 12.3. The second-order valence-electron chi connectivity index (χ2n) is 10.2. The van der Waals surface area contributed by atoms with Gasteiger partial charge in [0.25, 0.3) is 0 Å².